The summed E-state index contributed by atoms with van der Waals surface area (Å²) in [5.41, 5.74) is 1.10. The van der Waals surface area contributed by atoms with Crippen LogP contribution in [0, 0.1) is 11.6 Å². The van der Waals surface area contributed by atoms with E-state index in [1.165, 1.54) is 10.7 Å². The first kappa shape index (κ1) is 13.4. The molecule has 0 saturated carbocycles. The quantitative estimate of drug-likeness (QED) is 0.926. The van der Waals surface area contributed by atoms with Gasteiger partial charge in [-0.15, -0.1) is 0 Å². The van der Waals surface area contributed by atoms with Gasteiger partial charge < -0.3 is 9.84 Å². The summed E-state index contributed by atoms with van der Waals surface area (Å²) in [6.07, 6.45) is 1.73. The maximum atomic E-state index is 14.1. The monoisotopic (exact) mass is 306 g/mol. The van der Waals surface area contributed by atoms with Crippen molar-refractivity contribution in [2.24, 2.45) is 0 Å². The SMILES string of the molecule is O=C(O)c1nn(-c2ccc(F)cc2F)c2c1CC1CCC2O1. The third kappa shape index (κ3) is 1.85. The summed E-state index contributed by atoms with van der Waals surface area (Å²) in [5, 5.41) is 13.4. The molecule has 4 rings (SSSR count). The lowest BCUT2D eigenvalue weighted by Gasteiger charge is -2.22. The van der Waals surface area contributed by atoms with E-state index in [0.29, 0.717) is 17.7 Å². The topological polar surface area (TPSA) is 64.3 Å². The second kappa shape index (κ2) is 4.61. The van der Waals surface area contributed by atoms with E-state index in [1.807, 2.05) is 0 Å². The highest BCUT2D eigenvalue weighted by atomic mass is 19.1. The first-order valence-corrected chi connectivity index (χ1v) is 7.00. The molecule has 0 aliphatic carbocycles. The fourth-order valence-electron chi connectivity index (χ4n) is 3.29. The molecule has 1 aromatic carbocycles. The Bertz CT molecular complexity index is 787. The first-order chi connectivity index (χ1) is 10.5. The average Bonchev–Trinajstić information content (AvgIpc) is 3.02. The van der Waals surface area contributed by atoms with Crippen LogP contribution in [0.15, 0.2) is 18.2 Å². The zero-order valence-corrected chi connectivity index (χ0v) is 11.4. The number of carboxylic acid groups (broad SMARTS) is 1. The molecule has 2 unspecified atom stereocenters. The highest BCUT2D eigenvalue weighted by molar-refractivity contribution is 5.87. The number of hydrogen-bond donors (Lipinski definition) is 1. The number of benzene rings is 1. The minimum atomic E-state index is -1.15. The average molecular weight is 306 g/mol. The lowest BCUT2D eigenvalue weighted by Crippen LogP contribution is -2.20. The normalized spacial score (nSPS) is 22.6. The van der Waals surface area contributed by atoms with Crippen molar-refractivity contribution in [3.05, 3.63) is 46.8 Å². The molecule has 2 atom stereocenters. The Labute approximate surface area is 124 Å². The van der Waals surface area contributed by atoms with Crippen LogP contribution in [-0.2, 0) is 11.2 Å². The van der Waals surface area contributed by atoms with Gasteiger partial charge in [0, 0.05) is 18.1 Å². The van der Waals surface area contributed by atoms with Gasteiger partial charge >= 0.3 is 5.97 Å². The number of rotatable bonds is 2. The Morgan fingerprint density at radius 2 is 2.18 bits per heavy atom. The number of carboxylic acids is 1. The van der Waals surface area contributed by atoms with Gasteiger partial charge in [-0.1, -0.05) is 0 Å². The molecule has 5 nitrogen and oxygen atoms in total. The minimum absolute atomic E-state index is 0.00804. The zero-order valence-electron chi connectivity index (χ0n) is 11.4. The Morgan fingerprint density at radius 1 is 1.36 bits per heavy atom. The predicted octanol–water partition coefficient (Wildman–Crippen LogP) is 2.62. The summed E-state index contributed by atoms with van der Waals surface area (Å²) >= 11 is 0. The Kier molecular flexibility index (Phi) is 2.80. The molecule has 1 N–H and O–H groups in total. The van der Waals surface area contributed by atoms with E-state index in [2.05, 4.69) is 5.10 Å². The summed E-state index contributed by atoms with van der Waals surface area (Å²) in [4.78, 5) is 11.4. The van der Waals surface area contributed by atoms with Gasteiger partial charge in [0.15, 0.2) is 11.5 Å². The van der Waals surface area contributed by atoms with Crippen molar-refractivity contribution in [2.75, 3.05) is 0 Å². The number of ether oxygens (including phenoxy) is 1. The highest BCUT2D eigenvalue weighted by Gasteiger charge is 2.40. The molecule has 3 heterocycles. The molecule has 0 spiro atoms. The molecule has 1 saturated heterocycles. The lowest BCUT2D eigenvalue weighted by molar-refractivity contribution is 0.0283. The predicted molar refractivity (Wildman–Crippen MR) is 71.0 cm³/mol. The van der Waals surface area contributed by atoms with Crippen LogP contribution in [-0.4, -0.2) is 27.0 Å². The molecule has 7 heteroatoms. The lowest BCUT2D eigenvalue weighted by atomic mass is 10.0. The van der Waals surface area contributed by atoms with E-state index in [-0.39, 0.29) is 23.6 Å². The highest BCUT2D eigenvalue weighted by Crippen LogP contribution is 2.43. The van der Waals surface area contributed by atoms with E-state index in [9.17, 15) is 18.7 Å². The largest absolute Gasteiger partial charge is 0.476 e. The molecule has 1 fully saturated rings. The van der Waals surface area contributed by atoms with Crippen LogP contribution >= 0.6 is 0 Å². The number of nitrogens with zero attached hydrogens (tertiary/aromatic N) is 2. The molecule has 2 aromatic rings. The van der Waals surface area contributed by atoms with Gasteiger partial charge in [-0.05, 0) is 25.0 Å². The van der Waals surface area contributed by atoms with Crippen molar-refractivity contribution in [3.63, 3.8) is 0 Å². The van der Waals surface area contributed by atoms with Crippen LogP contribution in [0.1, 0.15) is 40.7 Å². The van der Waals surface area contributed by atoms with Crippen molar-refractivity contribution in [2.45, 2.75) is 31.5 Å². The zero-order chi connectivity index (χ0) is 15.4. The van der Waals surface area contributed by atoms with Gasteiger partial charge in [0.05, 0.1) is 11.8 Å². The smallest absolute Gasteiger partial charge is 0.356 e. The molecule has 22 heavy (non-hydrogen) atoms. The summed E-state index contributed by atoms with van der Waals surface area (Å²) in [7, 11) is 0. The van der Waals surface area contributed by atoms with Gasteiger partial charge in [0.25, 0.3) is 0 Å². The van der Waals surface area contributed by atoms with Crippen LogP contribution in [0.5, 0.6) is 0 Å². The number of aromatic nitrogens is 2. The van der Waals surface area contributed by atoms with Crippen molar-refractivity contribution >= 4 is 5.97 Å². The van der Waals surface area contributed by atoms with Crippen LogP contribution in [0.4, 0.5) is 8.78 Å². The third-order valence-corrected chi connectivity index (χ3v) is 4.21. The summed E-state index contributed by atoms with van der Waals surface area (Å²) in [6, 6.07) is 3.13. The van der Waals surface area contributed by atoms with Crippen molar-refractivity contribution in [1.29, 1.82) is 0 Å². The Balaban J connectivity index is 1.95. The van der Waals surface area contributed by atoms with Crippen molar-refractivity contribution < 1.29 is 23.4 Å². The molecule has 1 aromatic heterocycles. The number of fused-ring (bicyclic) bond motifs is 4. The van der Waals surface area contributed by atoms with Crippen LogP contribution < -0.4 is 0 Å². The Hall–Kier alpha value is -2.28. The summed E-state index contributed by atoms with van der Waals surface area (Å²) in [6.45, 7) is 0. The summed E-state index contributed by atoms with van der Waals surface area (Å²) < 4.78 is 34.2. The van der Waals surface area contributed by atoms with Crippen LogP contribution in [0.2, 0.25) is 0 Å². The maximum Gasteiger partial charge on any atom is 0.356 e. The minimum Gasteiger partial charge on any atom is -0.476 e. The maximum absolute atomic E-state index is 14.1. The molecule has 0 amide bonds. The van der Waals surface area contributed by atoms with E-state index < -0.39 is 17.6 Å². The first-order valence-electron chi connectivity index (χ1n) is 7.00. The van der Waals surface area contributed by atoms with E-state index in [4.69, 9.17) is 4.74 Å². The molecular formula is C15H12F2N2O3. The van der Waals surface area contributed by atoms with Gasteiger partial charge in [0.1, 0.15) is 17.6 Å². The fraction of sp³-hybridized carbons (Fsp3) is 0.333. The van der Waals surface area contributed by atoms with Gasteiger partial charge in [-0.2, -0.15) is 5.10 Å². The van der Waals surface area contributed by atoms with E-state index in [0.717, 1.165) is 25.0 Å². The van der Waals surface area contributed by atoms with E-state index in [1.54, 1.807) is 0 Å². The van der Waals surface area contributed by atoms with Gasteiger partial charge in [-0.3, -0.25) is 0 Å². The molecule has 0 radical (unpaired) electrons. The fourth-order valence-corrected chi connectivity index (χ4v) is 3.29. The van der Waals surface area contributed by atoms with Gasteiger partial charge in [0.2, 0.25) is 0 Å². The van der Waals surface area contributed by atoms with Crippen molar-refractivity contribution in [3.8, 4) is 5.69 Å². The molecule has 2 bridgehead atoms. The molecule has 114 valence electrons. The van der Waals surface area contributed by atoms with Crippen molar-refractivity contribution in [1.82, 2.24) is 9.78 Å². The number of carbonyl (C=O) groups is 1. The number of aromatic carboxylic acids is 1. The van der Waals surface area contributed by atoms with Crippen LogP contribution in [0.3, 0.4) is 0 Å². The standard InChI is InChI=1S/C15H12F2N2O3/c16-7-1-3-11(10(17)5-7)19-14-9(13(18-19)15(20)21)6-8-2-4-12(14)22-8/h1,3,5,8,12H,2,4,6H2,(H,20,21). The summed E-state index contributed by atoms with van der Waals surface area (Å²) in [5.74, 6) is -2.64. The van der Waals surface area contributed by atoms with Crippen LogP contribution in [0.25, 0.3) is 5.69 Å². The molecular weight excluding hydrogens is 294 g/mol. The Morgan fingerprint density at radius 3 is 2.91 bits per heavy atom. The van der Waals surface area contributed by atoms with Gasteiger partial charge in [-0.25, -0.2) is 18.3 Å². The van der Waals surface area contributed by atoms with E-state index >= 15 is 0 Å². The number of halogens is 2. The second-order valence-electron chi connectivity index (χ2n) is 5.55. The third-order valence-electron chi connectivity index (χ3n) is 4.21. The number of hydrogen-bond acceptors (Lipinski definition) is 3. The molecule has 2 aliphatic heterocycles. The second-order valence-corrected chi connectivity index (χ2v) is 5.55. The molecule has 2 aliphatic rings.